The van der Waals surface area contributed by atoms with Crippen molar-refractivity contribution in [1.29, 1.82) is 0 Å². The monoisotopic (exact) mass is 547 g/mol. The highest BCUT2D eigenvalue weighted by atomic mass is 16.5. The van der Waals surface area contributed by atoms with Crippen LogP contribution in [0.2, 0.25) is 0 Å². The van der Waals surface area contributed by atoms with Crippen molar-refractivity contribution in [3.63, 3.8) is 0 Å². The number of rotatable bonds is 6. The number of ether oxygens (including phenoxy) is 2. The highest BCUT2D eigenvalue weighted by molar-refractivity contribution is 5.97. The van der Waals surface area contributed by atoms with Crippen molar-refractivity contribution < 1.29 is 19.4 Å². The van der Waals surface area contributed by atoms with Gasteiger partial charge in [0.1, 0.15) is 5.82 Å². The zero-order chi connectivity index (χ0) is 27.6. The second-order valence-corrected chi connectivity index (χ2v) is 9.95. The molecule has 0 aliphatic carbocycles. The minimum Gasteiger partial charge on any atom is -0.378 e. The number of nitrogen functional groups attached to an aromatic ring is 1. The van der Waals surface area contributed by atoms with E-state index in [1.54, 1.807) is 17.3 Å². The smallest absolute Gasteiger partial charge is 0.254 e. The molecule has 2 saturated heterocycles. The van der Waals surface area contributed by atoms with Crippen LogP contribution in [0.15, 0.2) is 30.6 Å². The van der Waals surface area contributed by atoms with E-state index in [0.29, 0.717) is 88.6 Å². The lowest BCUT2D eigenvalue weighted by atomic mass is 10.1. The average Bonchev–Trinajstić information content (AvgIpc) is 3.43. The summed E-state index contributed by atoms with van der Waals surface area (Å²) >= 11 is 0. The van der Waals surface area contributed by atoms with E-state index in [1.807, 2.05) is 30.0 Å². The molecule has 6 rings (SSSR count). The first-order valence-corrected chi connectivity index (χ1v) is 13.5. The number of aliphatic hydroxyl groups excluding tert-OH is 1. The van der Waals surface area contributed by atoms with Crippen LogP contribution in [0.3, 0.4) is 0 Å². The first-order valence-electron chi connectivity index (χ1n) is 13.5. The van der Waals surface area contributed by atoms with Crippen LogP contribution in [-0.2, 0) is 15.9 Å². The summed E-state index contributed by atoms with van der Waals surface area (Å²) in [6, 6.07) is 5.51. The van der Waals surface area contributed by atoms with Crippen LogP contribution in [-0.4, -0.2) is 101 Å². The molecule has 1 atom stereocenters. The molecule has 3 aliphatic heterocycles. The molecule has 210 valence electrons. The minimum atomic E-state index is -1.09. The highest BCUT2D eigenvalue weighted by Crippen LogP contribution is 2.36. The van der Waals surface area contributed by atoms with Crippen LogP contribution in [0.1, 0.15) is 21.5 Å². The summed E-state index contributed by atoms with van der Waals surface area (Å²) in [5, 5.41) is 14.6. The molecule has 0 bridgehead atoms. The lowest BCUT2D eigenvalue weighted by Crippen LogP contribution is -2.42. The summed E-state index contributed by atoms with van der Waals surface area (Å²) in [5.41, 5.74) is 10.1. The van der Waals surface area contributed by atoms with Gasteiger partial charge < -0.3 is 40.3 Å². The van der Waals surface area contributed by atoms with E-state index in [2.05, 4.69) is 20.2 Å². The number of hydrogen-bond acceptors (Lipinski definition) is 12. The van der Waals surface area contributed by atoms with Gasteiger partial charge in [-0.15, -0.1) is 0 Å². The maximum Gasteiger partial charge on any atom is 0.254 e. The van der Waals surface area contributed by atoms with Crippen molar-refractivity contribution in [2.45, 2.75) is 19.7 Å². The Morgan fingerprint density at radius 3 is 2.45 bits per heavy atom. The standard InChI is InChI=1S/C27H33N9O4/c1-17-19(24(37)34-7-11-39-12-8-34)3-2-4-21(17)31-27(38)36-6-5-20-22(18-15-29-25(28)30-16-18)32-26(33-23(20)36)35-9-13-40-14-10-35/h2-4,15-16,27,31,38H,5-14H2,1H3,(H2,28,29,30). The predicted molar refractivity (Wildman–Crippen MR) is 149 cm³/mol. The fourth-order valence-corrected chi connectivity index (χ4v) is 5.29. The van der Waals surface area contributed by atoms with Gasteiger partial charge in [-0.25, -0.2) is 15.0 Å². The first kappa shape index (κ1) is 26.2. The molecular weight excluding hydrogens is 514 g/mol. The molecule has 5 heterocycles. The molecule has 0 spiro atoms. The molecule has 1 unspecified atom stereocenters. The SMILES string of the molecule is Cc1c(NC(O)N2CCc3c(-c4cnc(N)nc4)nc(N4CCOCC4)nc32)cccc1C(=O)N1CCOCC1. The third-order valence-corrected chi connectivity index (χ3v) is 7.53. The van der Waals surface area contributed by atoms with Gasteiger partial charge in [-0.2, -0.15) is 4.98 Å². The molecule has 3 aromatic rings. The molecule has 4 N–H and O–H groups in total. The van der Waals surface area contributed by atoms with Crippen molar-refractivity contribution in [3.05, 3.63) is 47.3 Å². The number of carbonyl (C=O) groups is 1. The molecule has 13 heteroatoms. The van der Waals surface area contributed by atoms with E-state index in [1.165, 1.54) is 0 Å². The van der Waals surface area contributed by atoms with Crippen molar-refractivity contribution in [3.8, 4) is 11.3 Å². The number of benzene rings is 1. The fourth-order valence-electron chi connectivity index (χ4n) is 5.29. The molecule has 0 saturated carbocycles. The zero-order valence-corrected chi connectivity index (χ0v) is 22.4. The summed E-state index contributed by atoms with van der Waals surface area (Å²) in [4.78, 5) is 37.0. The largest absolute Gasteiger partial charge is 0.378 e. The Labute approximate surface area is 232 Å². The second-order valence-electron chi connectivity index (χ2n) is 9.95. The van der Waals surface area contributed by atoms with Gasteiger partial charge >= 0.3 is 0 Å². The molecule has 13 nitrogen and oxygen atoms in total. The fraction of sp³-hybridized carbons (Fsp3) is 0.444. The van der Waals surface area contributed by atoms with Crippen LogP contribution in [0.4, 0.5) is 23.4 Å². The number of fused-ring (bicyclic) bond motifs is 1. The molecule has 3 aliphatic rings. The van der Waals surface area contributed by atoms with E-state index >= 15 is 0 Å². The van der Waals surface area contributed by atoms with Gasteiger partial charge in [0.25, 0.3) is 5.91 Å². The van der Waals surface area contributed by atoms with Crippen LogP contribution in [0, 0.1) is 6.92 Å². The normalized spacial score (nSPS) is 18.0. The summed E-state index contributed by atoms with van der Waals surface area (Å²) in [6.45, 7) is 7.13. The van der Waals surface area contributed by atoms with E-state index in [4.69, 9.17) is 25.2 Å². The van der Waals surface area contributed by atoms with E-state index < -0.39 is 6.35 Å². The van der Waals surface area contributed by atoms with Crippen LogP contribution >= 0.6 is 0 Å². The maximum absolute atomic E-state index is 13.2. The molecule has 2 aromatic heterocycles. The summed E-state index contributed by atoms with van der Waals surface area (Å²) in [7, 11) is 0. The molecule has 2 fully saturated rings. The first-order chi connectivity index (χ1) is 19.5. The van der Waals surface area contributed by atoms with Gasteiger partial charge in [-0.05, 0) is 31.0 Å². The third-order valence-electron chi connectivity index (χ3n) is 7.53. The number of anilines is 4. The number of aliphatic hydroxyl groups is 1. The molecular formula is C27H33N9O4. The van der Waals surface area contributed by atoms with E-state index in [0.717, 1.165) is 22.4 Å². The van der Waals surface area contributed by atoms with Crippen molar-refractivity contribution >= 4 is 29.3 Å². The van der Waals surface area contributed by atoms with Gasteiger partial charge in [0.15, 0.2) is 0 Å². The summed E-state index contributed by atoms with van der Waals surface area (Å²) in [6.07, 6.45) is 2.86. The van der Waals surface area contributed by atoms with Gasteiger partial charge in [-0.1, -0.05) is 6.07 Å². The Hall–Kier alpha value is -4.07. The minimum absolute atomic E-state index is 0.0382. The van der Waals surface area contributed by atoms with Crippen molar-refractivity contribution in [2.24, 2.45) is 0 Å². The Morgan fingerprint density at radius 2 is 1.73 bits per heavy atom. The van der Waals surface area contributed by atoms with Gasteiger partial charge in [0.05, 0.1) is 32.1 Å². The highest BCUT2D eigenvalue weighted by Gasteiger charge is 2.32. The summed E-state index contributed by atoms with van der Waals surface area (Å²) < 4.78 is 10.9. The van der Waals surface area contributed by atoms with E-state index in [-0.39, 0.29) is 11.9 Å². The zero-order valence-electron chi connectivity index (χ0n) is 22.4. The van der Waals surface area contributed by atoms with Crippen molar-refractivity contribution in [2.75, 3.05) is 80.0 Å². The number of nitrogens with two attached hydrogens (primary N) is 1. The maximum atomic E-state index is 13.2. The van der Waals surface area contributed by atoms with Crippen LogP contribution in [0.25, 0.3) is 11.3 Å². The number of nitrogens with zero attached hydrogens (tertiary/aromatic N) is 7. The molecule has 1 aromatic carbocycles. The lowest BCUT2D eigenvalue weighted by molar-refractivity contribution is 0.0302. The Bertz CT molecular complexity index is 1380. The number of aromatic nitrogens is 4. The number of nitrogens with one attached hydrogen (secondary N) is 1. The number of carbonyl (C=O) groups excluding carboxylic acids is 1. The van der Waals surface area contributed by atoms with Gasteiger partial charge in [0, 0.05) is 67.5 Å². The third kappa shape index (κ3) is 5.10. The van der Waals surface area contributed by atoms with Crippen LogP contribution in [0.5, 0.6) is 0 Å². The van der Waals surface area contributed by atoms with Gasteiger partial charge in [-0.3, -0.25) is 4.79 Å². The predicted octanol–water partition coefficient (Wildman–Crippen LogP) is 0.884. The van der Waals surface area contributed by atoms with Crippen LogP contribution < -0.4 is 20.9 Å². The molecule has 0 radical (unpaired) electrons. The number of hydrogen-bond donors (Lipinski definition) is 3. The summed E-state index contributed by atoms with van der Waals surface area (Å²) in [5.74, 6) is 1.35. The quantitative estimate of drug-likeness (QED) is 0.375. The number of amides is 1. The Kier molecular flexibility index (Phi) is 7.32. The molecule has 1 amide bonds. The Morgan fingerprint density at radius 1 is 1.02 bits per heavy atom. The topological polar surface area (TPSA) is 155 Å². The van der Waals surface area contributed by atoms with E-state index in [9.17, 15) is 9.90 Å². The lowest BCUT2D eigenvalue weighted by Gasteiger charge is -2.30. The molecule has 40 heavy (non-hydrogen) atoms. The average molecular weight is 548 g/mol. The second kappa shape index (κ2) is 11.2. The Balaban J connectivity index is 1.30. The van der Waals surface area contributed by atoms with Crippen molar-refractivity contribution in [1.82, 2.24) is 24.8 Å². The van der Waals surface area contributed by atoms with Gasteiger partial charge in [0.2, 0.25) is 18.2 Å². The number of morpholine rings is 2.